The van der Waals surface area contributed by atoms with E-state index < -0.39 is 22.6 Å². The lowest BCUT2D eigenvalue weighted by Crippen LogP contribution is -2.55. The van der Waals surface area contributed by atoms with Gasteiger partial charge in [-0.2, -0.15) is 13.2 Å². The molecule has 1 saturated heterocycles. The number of carboxylic acids is 1. The van der Waals surface area contributed by atoms with Gasteiger partial charge in [-0.05, 0) is 13.0 Å². The standard InChI is InChI=1S/C11H12F3NO3S/c12-11(13,14)8-4-7(5-19-8)18-10(9(16)17)2-1-3-15-6-10/h4-5,15H,1-3,6H2,(H,16,17). The molecule has 0 bridgehead atoms. The normalized spacial score (nSPS) is 24.2. The second-order valence-corrected chi connectivity index (χ2v) is 5.24. The number of aliphatic carboxylic acids is 1. The van der Waals surface area contributed by atoms with Gasteiger partial charge in [-0.3, -0.25) is 0 Å². The van der Waals surface area contributed by atoms with E-state index in [2.05, 4.69) is 5.32 Å². The molecule has 2 N–H and O–H groups in total. The van der Waals surface area contributed by atoms with Crippen LogP contribution in [0.15, 0.2) is 11.4 Å². The van der Waals surface area contributed by atoms with Gasteiger partial charge in [0.1, 0.15) is 10.6 Å². The van der Waals surface area contributed by atoms with E-state index in [1.165, 1.54) is 5.38 Å². The van der Waals surface area contributed by atoms with Crippen LogP contribution < -0.4 is 10.1 Å². The Morgan fingerprint density at radius 2 is 2.26 bits per heavy atom. The van der Waals surface area contributed by atoms with Gasteiger partial charge in [0.25, 0.3) is 0 Å². The number of piperidine rings is 1. The number of carboxylic acid groups (broad SMARTS) is 1. The molecule has 4 nitrogen and oxygen atoms in total. The Bertz CT molecular complexity index is 466. The number of thiophene rings is 1. The van der Waals surface area contributed by atoms with Crippen LogP contribution in [0.25, 0.3) is 0 Å². The van der Waals surface area contributed by atoms with Gasteiger partial charge in [-0.1, -0.05) is 0 Å². The summed E-state index contributed by atoms with van der Waals surface area (Å²) in [5.41, 5.74) is -1.48. The lowest BCUT2D eigenvalue weighted by atomic mass is 9.94. The zero-order valence-corrected chi connectivity index (χ0v) is 10.6. The first-order valence-electron chi connectivity index (χ1n) is 5.62. The Kier molecular flexibility index (Phi) is 3.73. The fourth-order valence-electron chi connectivity index (χ4n) is 1.94. The summed E-state index contributed by atoms with van der Waals surface area (Å²) < 4.78 is 42.7. The third-order valence-corrected chi connectivity index (χ3v) is 3.86. The van der Waals surface area contributed by atoms with Crippen LogP contribution in [0.3, 0.4) is 0 Å². The predicted octanol–water partition coefficient (Wildman–Crippen LogP) is 2.35. The van der Waals surface area contributed by atoms with Gasteiger partial charge in [0, 0.05) is 24.4 Å². The molecule has 0 spiro atoms. The fraction of sp³-hybridized carbons (Fsp3) is 0.545. The van der Waals surface area contributed by atoms with Crippen LogP contribution in [0.5, 0.6) is 5.75 Å². The highest BCUT2D eigenvalue weighted by Gasteiger charge is 2.43. The van der Waals surface area contributed by atoms with Gasteiger partial charge >= 0.3 is 12.1 Å². The minimum absolute atomic E-state index is 0.0524. The largest absolute Gasteiger partial charge is 0.478 e. The van der Waals surface area contributed by atoms with Crippen LogP contribution >= 0.6 is 11.3 Å². The molecule has 19 heavy (non-hydrogen) atoms. The number of halogens is 3. The Hall–Kier alpha value is -1.28. The van der Waals surface area contributed by atoms with Gasteiger partial charge in [0.2, 0.25) is 5.60 Å². The summed E-state index contributed by atoms with van der Waals surface area (Å²) in [6.45, 7) is 0.759. The highest BCUT2D eigenvalue weighted by Crippen LogP contribution is 2.38. The minimum Gasteiger partial charge on any atom is -0.478 e. The Morgan fingerprint density at radius 3 is 2.74 bits per heavy atom. The van der Waals surface area contributed by atoms with E-state index in [-0.39, 0.29) is 18.7 Å². The number of rotatable bonds is 3. The van der Waals surface area contributed by atoms with Crippen LogP contribution in [-0.4, -0.2) is 29.8 Å². The molecule has 1 aliphatic rings. The molecule has 1 fully saturated rings. The van der Waals surface area contributed by atoms with Gasteiger partial charge in [-0.25, -0.2) is 4.79 Å². The third-order valence-electron chi connectivity index (χ3n) is 2.90. The quantitative estimate of drug-likeness (QED) is 0.898. The number of hydrogen-bond acceptors (Lipinski definition) is 4. The van der Waals surface area contributed by atoms with Crippen molar-refractivity contribution in [3.8, 4) is 5.75 Å². The highest BCUT2D eigenvalue weighted by atomic mass is 32.1. The smallest absolute Gasteiger partial charge is 0.425 e. The van der Waals surface area contributed by atoms with Gasteiger partial charge < -0.3 is 15.2 Å². The monoisotopic (exact) mass is 295 g/mol. The zero-order valence-electron chi connectivity index (χ0n) is 9.79. The lowest BCUT2D eigenvalue weighted by molar-refractivity contribution is -0.156. The average Bonchev–Trinajstić information content (AvgIpc) is 2.78. The first kappa shape index (κ1) is 14.1. The number of carbonyl (C=O) groups is 1. The molecule has 0 aromatic carbocycles. The molecule has 2 rings (SSSR count). The summed E-state index contributed by atoms with van der Waals surface area (Å²) >= 11 is 0.492. The van der Waals surface area contributed by atoms with Crippen molar-refractivity contribution >= 4 is 17.3 Å². The van der Waals surface area contributed by atoms with Crippen molar-refractivity contribution in [3.05, 3.63) is 16.3 Å². The number of ether oxygens (including phenoxy) is 1. The molecule has 0 radical (unpaired) electrons. The van der Waals surface area contributed by atoms with Crippen molar-refractivity contribution in [2.45, 2.75) is 24.6 Å². The van der Waals surface area contributed by atoms with Crippen molar-refractivity contribution in [2.75, 3.05) is 13.1 Å². The maximum atomic E-state index is 12.5. The maximum Gasteiger partial charge on any atom is 0.425 e. The van der Waals surface area contributed by atoms with E-state index >= 15 is 0 Å². The van der Waals surface area contributed by atoms with Crippen LogP contribution in [0, 0.1) is 0 Å². The molecular weight excluding hydrogens is 283 g/mol. The summed E-state index contributed by atoms with van der Waals surface area (Å²) in [6.07, 6.45) is -3.57. The lowest BCUT2D eigenvalue weighted by Gasteiger charge is -2.33. The molecule has 0 saturated carbocycles. The molecule has 0 amide bonds. The van der Waals surface area contributed by atoms with Crippen LogP contribution in [0.2, 0.25) is 0 Å². The van der Waals surface area contributed by atoms with Crippen LogP contribution in [0.1, 0.15) is 17.7 Å². The highest BCUT2D eigenvalue weighted by molar-refractivity contribution is 7.10. The molecule has 0 aliphatic carbocycles. The van der Waals surface area contributed by atoms with Crippen LogP contribution in [-0.2, 0) is 11.0 Å². The topological polar surface area (TPSA) is 58.6 Å². The fourth-order valence-corrected chi connectivity index (χ4v) is 2.61. The molecule has 1 aromatic heterocycles. The number of hydrogen-bond donors (Lipinski definition) is 2. The summed E-state index contributed by atoms with van der Waals surface area (Å²) in [4.78, 5) is 10.5. The predicted molar refractivity (Wildman–Crippen MR) is 62.4 cm³/mol. The van der Waals surface area contributed by atoms with E-state index in [0.717, 1.165) is 6.07 Å². The molecule has 8 heteroatoms. The SMILES string of the molecule is O=C(O)C1(Oc2csc(C(F)(F)F)c2)CCCNC1. The molecule has 1 atom stereocenters. The van der Waals surface area contributed by atoms with Gasteiger partial charge in [-0.15, -0.1) is 11.3 Å². The molecule has 1 unspecified atom stereocenters. The summed E-state index contributed by atoms with van der Waals surface area (Å²) in [7, 11) is 0. The minimum atomic E-state index is -4.44. The first-order valence-corrected chi connectivity index (χ1v) is 6.50. The van der Waals surface area contributed by atoms with Crippen molar-refractivity contribution in [1.82, 2.24) is 5.32 Å². The summed E-state index contributed by atoms with van der Waals surface area (Å²) in [5, 5.41) is 13.3. The molecular formula is C11H12F3NO3S. The number of nitrogens with one attached hydrogen (secondary N) is 1. The molecule has 106 valence electrons. The van der Waals surface area contributed by atoms with Gasteiger partial charge in [0.05, 0.1) is 0 Å². The maximum absolute atomic E-state index is 12.5. The van der Waals surface area contributed by atoms with Crippen LogP contribution in [0.4, 0.5) is 13.2 Å². The van der Waals surface area contributed by atoms with Crippen molar-refractivity contribution in [1.29, 1.82) is 0 Å². The Morgan fingerprint density at radius 1 is 1.53 bits per heavy atom. The van der Waals surface area contributed by atoms with E-state index in [1.54, 1.807) is 0 Å². The van der Waals surface area contributed by atoms with E-state index in [0.29, 0.717) is 24.3 Å². The average molecular weight is 295 g/mol. The summed E-state index contributed by atoms with van der Waals surface area (Å²) in [5.74, 6) is -1.22. The van der Waals surface area contributed by atoms with E-state index in [4.69, 9.17) is 4.74 Å². The second-order valence-electron chi connectivity index (χ2n) is 4.33. The van der Waals surface area contributed by atoms with E-state index in [9.17, 15) is 23.1 Å². The van der Waals surface area contributed by atoms with Crippen molar-refractivity contribution in [2.24, 2.45) is 0 Å². The van der Waals surface area contributed by atoms with Crippen molar-refractivity contribution in [3.63, 3.8) is 0 Å². The van der Waals surface area contributed by atoms with E-state index in [1.807, 2.05) is 0 Å². The second kappa shape index (κ2) is 5.01. The summed E-state index contributed by atoms with van der Waals surface area (Å²) in [6, 6.07) is 0.837. The third kappa shape index (κ3) is 3.01. The zero-order chi connectivity index (χ0) is 14.1. The Balaban J connectivity index is 2.18. The molecule has 2 heterocycles. The van der Waals surface area contributed by atoms with Gasteiger partial charge in [0.15, 0.2) is 0 Å². The molecule has 1 aliphatic heterocycles. The first-order chi connectivity index (χ1) is 8.83. The Labute approximate surface area is 111 Å². The van der Waals surface area contributed by atoms with Crippen molar-refractivity contribution < 1.29 is 27.8 Å². The molecule has 1 aromatic rings. The number of alkyl halides is 3.